The summed E-state index contributed by atoms with van der Waals surface area (Å²) < 4.78 is 6.04. The van der Waals surface area contributed by atoms with Crippen LogP contribution in [-0.2, 0) is 9.68 Å². The molecule has 0 bridgehead atoms. The Kier molecular flexibility index (Phi) is 3.60. The maximum atomic E-state index is 6.06. The van der Waals surface area contributed by atoms with Crippen LogP contribution in [0.2, 0.25) is 0 Å². The van der Waals surface area contributed by atoms with Crippen LogP contribution in [0, 0.1) is 0 Å². The first kappa shape index (κ1) is 17.3. The summed E-state index contributed by atoms with van der Waals surface area (Å²) in [5, 5.41) is 3.65. The van der Waals surface area contributed by atoms with Gasteiger partial charge < -0.3 is 4.42 Å². The molecule has 0 atom stereocenters. The molecule has 3 aromatic carbocycles. The lowest BCUT2D eigenvalue weighted by atomic mass is 9.90. The summed E-state index contributed by atoms with van der Waals surface area (Å²) in [7, 11) is 0. The number of benzene rings is 3. The smallest absolute Gasteiger partial charge is 0.135 e. The van der Waals surface area contributed by atoms with Crippen molar-refractivity contribution in [1.82, 2.24) is 0 Å². The van der Waals surface area contributed by atoms with E-state index in [-0.39, 0.29) is 0 Å². The van der Waals surface area contributed by atoms with Crippen LogP contribution in [-0.4, -0.2) is 11.2 Å². The SMILES string of the molecule is CC1(C)ON(c2ccc3oc4ccc(-c5ccccc5)cc4c3c2)OC1(C)C. The monoisotopic (exact) mass is 373 g/mol. The molecule has 1 aromatic heterocycles. The van der Waals surface area contributed by atoms with Gasteiger partial charge in [-0.05, 0) is 69.2 Å². The summed E-state index contributed by atoms with van der Waals surface area (Å²) in [5.74, 6) is 0. The van der Waals surface area contributed by atoms with Crippen molar-refractivity contribution in [2.75, 3.05) is 5.23 Å². The molecule has 142 valence electrons. The zero-order chi connectivity index (χ0) is 19.5. The first-order chi connectivity index (χ1) is 13.3. The van der Waals surface area contributed by atoms with Crippen LogP contribution in [0.3, 0.4) is 0 Å². The number of hydrogen-bond donors (Lipinski definition) is 0. The van der Waals surface area contributed by atoms with Crippen LogP contribution >= 0.6 is 0 Å². The van der Waals surface area contributed by atoms with Gasteiger partial charge in [0.1, 0.15) is 22.4 Å². The largest absolute Gasteiger partial charge is 0.456 e. The van der Waals surface area contributed by atoms with Gasteiger partial charge in [-0.1, -0.05) is 36.4 Å². The molecule has 4 aromatic rings. The maximum Gasteiger partial charge on any atom is 0.135 e. The summed E-state index contributed by atoms with van der Waals surface area (Å²) in [6.45, 7) is 8.13. The van der Waals surface area contributed by atoms with Crippen LogP contribution in [0.25, 0.3) is 33.1 Å². The Bertz CT molecular complexity index is 1160. The van der Waals surface area contributed by atoms with Gasteiger partial charge in [0.25, 0.3) is 0 Å². The second-order valence-corrected chi connectivity index (χ2v) is 8.32. The minimum atomic E-state index is -0.430. The first-order valence-corrected chi connectivity index (χ1v) is 9.54. The topological polar surface area (TPSA) is 34.8 Å². The van der Waals surface area contributed by atoms with E-state index in [2.05, 4.69) is 42.5 Å². The van der Waals surface area contributed by atoms with Crippen molar-refractivity contribution in [1.29, 1.82) is 0 Å². The molecule has 0 spiro atoms. The van der Waals surface area contributed by atoms with E-state index in [1.807, 2.05) is 52.0 Å². The van der Waals surface area contributed by atoms with Crippen molar-refractivity contribution in [2.45, 2.75) is 38.9 Å². The fourth-order valence-electron chi connectivity index (χ4n) is 3.45. The van der Waals surface area contributed by atoms with E-state index in [0.717, 1.165) is 33.2 Å². The molecule has 0 aliphatic carbocycles. The normalized spacial score (nSPS) is 18.2. The number of nitrogens with zero attached hydrogens (tertiary/aromatic N) is 1. The minimum Gasteiger partial charge on any atom is -0.456 e. The molecule has 4 heteroatoms. The fraction of sp³-hybridized carbons (Fsp3) is 0.250. The van der Waals surface area contributed by atoms with E-state index in [1.54, 1.807) is 0 Å². The molecule has 1 saturated heterocycles. The molecule has 1 aliphatic heterocycles. The Morgan fingerprint density at radius 3 is 1.93 bits per heavy atom. The van der Waals surface area contributed by atoms with Crippen molar-refractivity contribution in [2.24, 2.45) is 0 Å². The zero-order valence-corrected chi connectivity index (χ0v) is 16.5. The van der Waals surface area contributed by atoms with Crippen LogP contribution in [0.15, 0.2) is 71.1 Å². The molecule has 0 radical (unpaired) electrons. The van der Waals surface area contributed by atoms with E-state index in [9.17, 15) is 0 Å². The van der Waals surface area contributed by atoms with Gasteiger partial charge in [0.2, 0.25) is 0 Å². The highest BCUT2D eigenvalue weighted by Gasteiger charge is 2.50. The molecular formula is C24H23NO3. The summed E-state index contributed by atoms with van der Waals surface area (Å²) in [6.07, 6.45) is 0. The van der Waals surface area contributed by atoms with Gasteiger partial charge in [0.05, 0.1) is 5.69 Å². The maximum absolute atomic E-state index is 6.06. The number of hydrogen-bond acceptors (Lipinski definition) is 4. The van der Waals surface area contributed by atoms with Crippen molar-refractivity contribution in [3.63, 3.8) is 0 Å². The molecule has 2 heterocycles. The predicted molar refractivity (Wildman–Crippen MR) is 112 cm³/mol. The molecular weight excluding hydrogens is 350 g/mol. The highest BCUT2D eigenvalue weighted by molar-refractivity contribution is 6.07. The van der Waals surface area contributed by atoms with Crippen LogP contribution < -0.4 is 5.23 Å². The van der Waals surface area contributed by atoms with Gasteiger partial charge in [-0.25, -0.2) is 9.68 Å². The Balaban J connectivity index is 1.62. The first-order valence-electron chi connectivity index (χ1n) is 9.54. The molecule has 0 saturated carbocycles. The third-order valence-electron chi connectivity index (χ3n) is 5.84. The van der Waals surface area contributed by atoms with Gasteiger partial charge in [-0.15, -0.1) is 5.23 Å². The number of furan rings is 1. The summed E-state index contributed by atoms with van der Waals surface area (Å²) in [4.78, 5) is 12.1. The number of anilines is 1. The van der Waals surface area contributed by atoms with E-state index in [0.29, 0.717) is 0 Å². The quantitative estimate of drug-likeness (QED) is 0.402. The lowest BCUT2D eigenvalue weighted by molar-refractivity contribution is -0.0272. The fourth-order valence-corrected chi connectivity index (χ4v) is 3.45. The van der Waals surface area contributed by atoms with Gasteiger partial charge in [-0.3, -0.25) is 0 Å². The average Bonchev–Trinajstić information content (AvgIpc) is 3.14. The summed E-state index contributed by atoms with van der Waals surface area (Å²) in [5.41, 5.74) is 4.06. The second-order valence-electron chi connectivity index (χ2n) is 8.32. The third kappa shape index (κ3) is 2.60. The van der Waals surface area contributed by atoms with E-state index in [4.69, 9.17) is 14.1 Å². The Hall–Kier alpha value is -2.82. The van der Waals surface area contributed by atoms with Crippen LogP contribution in [0.1, 0.15) is 27.7 Å². The molecule has 0 N–H and O–H groups in total. The second kappa shape index (κ2) is 5.84. The molecule has 1 fully saturated rings. The average molecular weight is 373 g/mol. The summed E-state index contributed by atoms with van der Waals surface area (Å²) >= 11 is 0. The Morgan fingerprint density at radius 1 is 0.643 bits per heavy atom. The van der Waals surface area contributed by atoms with Gasteiger partial charge in [0.15, 0.2) is 0 Å². The van der Waals surface area contributed by atoms with Crippen molar-refractivity contribution in [3.05, 3.63) is 66.7 Å². The Morgan fingerprint density at radius 2 is 1.25 bits per heavy atom. The molecule has 1 aliphatic rings. The van der Waals surface area contributed by atoms with Crippen LogP contribution in [0.5, 0.6) is 0 Å². The molecule has 28 heavy (non-hydrogen) atoms. The van der Waals surface area contributed by atoms with Gasteiger partial charge >= 0.3 is 0 Å². The third-order valence-corrected chi connectivity index (χ3v) is 5.84. The predicted octanol–water partition coefficient (Wildman–Crippen LogP) is 6.49. The molecule has 0 amide bonds. The summed E-state index contributed by atoms with van der Waals surface area (Å²) in [6, 6.07) is 22.7. The lowest BCUT2D eigenvalue weighted by Crippen LogP contribution is -2.41. The standard InChI is InChI=1S/C24H23NO3/c1-23(2)24(3,4)28-25(27-23)18-11-13-22-20(15-18)19-14-17(10-12-21(19)26-22)16-8-6-5-7-9-16/h5-15H,1-4H3. The van der Waals surface area contributed by atoms with E-state index >= 15 is 0 Å². The van der Waals surface area contributed by atoms with Crippen molar-refractivity contribution in [3.8, 4) is 11.1 Å². The lowest BCUT2D eigenvalue weighted by Gasteiger charge is -2.26. The highest BCUT2D eigenvalue weighted by atomic mass is 17.0. The van der Waals surface area contributed by atoms with Crippen molar-refractivity contribution < 1.29 is 14.1 Å². The minimum absolute atomic E-state index is 0.430. The van der Waals surface area contributed by atoms with Crippen LogP contribution in [0.4, 0.5) is 5.69 Å². The molecule has 4 nitrogen and oxygen atoms in total. The Labute approximate surface area is 164 Å². The van der Waals surface area contributed by atoms with E-state index in [1.165, 1.54) is 10.8 Å². The molecule has 0 unspecified atom stereocenters. The highest BCUT2D eigenvalue weighted by Crippen LogP contribution is 2.41. The van der Waals surface area contributed by atoms with E-state index < -0.39 is 11.2 Å². The number of rotatable bonds is 2. The number of fused-ring (bicyclic) bond motifs is 3. The van der Waals surface area contributed by atoms with Crippen molar-refractivity contribution >= 4 is 27.6 Å². The molecule has 5 rings (SSSR count). The van der Waals surface area contributed by atoms with Gasteiger partial charge in [-0.2, -0.15) is 0 Å². The van der Waals surface area contributed by atoms with Gasteiger partial charge in [0, 0.05) is 10.8 Å². The zero-order valence-electron chi connectivity index (χ0n) is 16.5.